The molecule has 0 atom stereocenters. The van der Waals surface area contributed by atoms with E-state index < -0.39 is 18.9 Å². The molecular formula is C12H28N3O3P. The molecule has 0 aliphatic heterocycles. The van der Waals surface area contributed by atoms with Crippen LogP contribution in [0.5, 0.6) is 0 Å². The molecule has 0 saturated carbocycles. The fourth-order valence-electron chi connectivity index (χ4n) is 1.19. The Morgan fingerprint density at radius 3 is 1.89 bits per heavy atom. The van der Waals surface area contributed by atoms with Gasteiger partial charge < -0.3 is 5.73 Å². The van der Waals surface area contributed by atoms with Gasteiger partial charge in [0.05, 0.1) is 11.2 Å². The highest BCUT2D eigenvalue weighted by atomic mass is 31.2. The molecule has 0 aromatic carbocycles. The third kappa shape index (κ3) is 9.93. The Kier molecular flexibility index (Phi) is 6.52. The highest BCUT2D eigenvalue weighted by molar-refractivity contribution is 7.52. The molecule has 0 aliphatic carbocycles. The van der Waals surface area contributed by atoms with Gasteiger partial charge in [-0.25, -0.2) is 4.57 Å². The van der Waals surface area contributed by atoms with E-state index in [1.807, 2.05) is 6.92 Å². The second-order valence-corrected chi connectivity index (χ2v) is 7.87. The largest absolute Gasteiger partial charge is 0.436 e. The summed E-state index contributed by atoms with van der Waals surface area (Å²) in [5.74, 6) is 0.0682. The first-order valence-corrected chi connectivity index (χ1v) is 8.01. The standard InChI is InChI=1S/C12H28N3O3P/c1-8-9-14-10(13)15-19(16,17-11(2,3)4)18-12(5,6)7/h8-9H2,1-7H3,(H3,13,14,15,16). The van der Waals surface area contributed by atoms with Gasteiger partial charge in [-0.05, 0) is 48.0 Å². The van der Waals surface area contributed by atoms with Gasteiger partial charge in [0.25, 0.3) is 0 Å². The smallest absolute Gasteiger partial charge is 0.370 e. The van der Waals surface area contributed by atoms with Crippen LogP contribution in [0.25, 0.3) is 0 Å². The van der Waals surface area contributed by atoms with Crippen molar-refractivity contribution >= 4 is 13.7 Å². The number of aliphatic imine (C=N–C) groups is 1. The molecule has 3 N–H and O–H groups in total. The zero-order chi connectivity index (χ0) is 15.3. The minimum absolute atomic E-state index is 0.0682. The van der Waals surface area contributed by atoms with E-state index in [-0.39, 0.29) is 5.96 Å². The van der Waals surface area contributed by atoms with Crippen LogP contribution in [0.2, 0.25) is 0 Å². The van der Waals surface area contributed by atoms with Crippen molar-refractivity contribution in [3.63, 3.8) is 0 Å². The lowest BCUT2D eigenvalue weighted by molar-refractivity contribution is 0.0467. The van der Waals surface area contributed by atoms with E-state index in [1.54, 1.807) is 41.5 Å². The van der Waals surface area contributed by atoms with Crippen molar-refractivity contribution in [2.75, 3.05) is 6.54 Å². The predicted octanol–water partition coefficient (Wildman–Crippen LogP) is 3.04. The van der Waals surface area contributed by atoms with Crippen molar-refractivity contribution in [1.82, 2.24) is 5.09 Å². The van der Waals surface area contributed by atoms with Gasteiger partial charge in [-0.1, -0.05) is 6.92 Å². The van der Waals surface area contributed by atoms with Crippen LogP contribution in [0.3, 0.4) is 0 Å². The molecule has 114 valence electrons. The van der Waals surface area contributed by atoms with Crippen LogP contribution < -0.4 is 10.8 Å². The topological polar surface area (TPSA) is 85.9 Å². The minimum atomic E-state index is -3.56. The van der Waals surface area contributed by atoms with E-state index in [0.29, 0.717) is 6.54 Å². The number of nitrogens with two attached hydrogens (primary N) is 1. The molecule has 0 heterocycles. The molecule has 0 unspecified atom stereocenters. The summed E-state index contributed by atoms with van der Waals surface area (Å²) in [6.07, 6.45) is 0.854. The van der Waals surface area contributed by atoms with Gasteiger partial charge in [-0.3, -0.25) is 19.1 Å². The fraction of sp³-hybridized carbons (Fsp3) is 0.917. The Balaban J connectivity index is 5.02. The molecular weight excluding hydrogens is 265 g/mol. The SMILES string of the molecule is CCCN=C(N)NP(=O)(OC(C)(C)C)OC(C)(C)C. The van der Waals surface area contributed by atoms with Gasteiger partial charge in [0.15, 0.2) is 5.96 Å². The Morgan fingerprint density at radius 1 is 1.16 bits per heavy atom. The molecule has 0 spiro atoms. The molecule has 19 heavy (non-hydrogen) atoms. The second kappa shape index (κ2) is 6.73. The number of hydrogen-bond donors (Lipinski definition) is 2. The van der Waals surface area contributed by atoms with Crippen LogP contribution in [0.4, 0.5) is 0 Å². The summed E-state index contributed by atoms with van der Waals surface area (Å²) in [7, 11) is -3.56. The first kappa shape index (κ1) is 18.4. The first-order chi connectivity index (χ1) is 8.37. The Hall–Kier alpha value is -0.580. The molecule has 0 amide bonds. The normalized spacial score (nSPS) is 14.6. The van der Waals surface area contributed by atoms with E-state index in [1.165, 1.54) is 0 Å². The zero-order valence-electron chi connectivity index (χ0n) is 13.1. The molecule has 0 rings (SSSR count). The summed E-state index contributed by atoms with van der Waals surface area (Å²) in [6.45, 7) is 13.3. The van der Waals surface area contributed by atoms with Gasteiger partial charge in [0.1, 0.15) is 0 Å². The van der Waals surface area contributed by atoms with Crippen molar-refractivity contribution in [3.05, 3.63) is 0 Å². The third-order valence-electron chi connectivity index (χ3n) is 1.55. The van der Waals surface area contributed by atoms with Crippen LogP contribution >= 0.6 is 7.75 Å². The molecule has 0 aromatic heterocycles. The van der Waals surface area contributed by atoms with E-state index in [2.05, 4.69) is 10.1 Å². The van der Waals surface area contributed by atoms with Crippen LogP contribution in [0.15, 0.2) is 4.99 Å². The minimum Gasteiger partial charge on any atom is -0.370 e. The van der Waals surface area contributed by atoms with Gasteiger partial charge in [-0.2, -0.15) is 0 Å². The molecule has 0 aromatic rings. The average Bonchev–Trinajstić information content (AvgIpc) is 2.06. The van der Waals surface area contributed by atoms with E-state index in [9.17, 15) is 4.57 Å². The lowest BCUT2D eigenvalue weighted by atomic mass is 10.2. The summed E-state index contributed by atoms with van der Waals surface area (Å²) in [6, 6.07) is 0. The van der Waals surface area contributed by atoms with Gasteiger partial charge in [0.2, 0.25) is 0 Å². The average molecular weight is 293 g/mol. The first-order valence-electron chi connectivity index (χ1n) is 6.47. The summed E-state index contributed by atoms with van der Waals surface area (Å²) < 4.78 is 23.7. The van der Waals surface area contributed by atoms with Crippen molar-refractivity contribution in [2.24, 2.45) is 10.7 Å². The lowest BCUT2D eigenvalue weighted by Gasteiger charge is -2.31. The Bertz CT molecular complexity index is 336. The number of rotatable bonds is 5. The highest BCUT2D eigenvalue weighted by Gasteiger charge is 2.36. The highest BCUT2D eigenvalue weighted by Crippen LogP contribution is 2.50. The molecule has 7 heteroatoms. The van der Waals surface area contributed by atoms with Crippen molar-refractivity contribution in [1.29, 1.82) is 0 Å². The maximum absolute atomic E-state index is 12.7. The Labute approximate surface area is 116 Å². The van der Waals surface area contributed by atoms with Gasteiger partial charge >= 0.3 is 7.75 Å². The number of hydrogen-bond acceptors (Lipinski definition) is 4. The summed E-state index contributed by atoms with van der Waals surface area (Å²) in [5.41, 5.74) is 4.44. The monoisotopic (exact) mass is 293 g/mol. The van der Waals surface area contributed by atoms with Crippen LogP contribution in [0.1, 0.15) is 54.9 Å². The third-order valence-corrected chi connectivity index (χ3v) is 3.62. The lowest BCUT2D eigenvalue weighted by Crippen LogP contribution is -2.36. The van der Waals surface area contributed by atoms with Gasteiger partial charge in [0, 0.05) is 6.54 Å². The summed E-state index contributed by atoms with van der Waals surface area (Å²) in [5, 5.41) is 2.58. The quantitative estimate of drug-likeness (QED) is 0.462. The molecule has 0 aliphatic rings. The maximum Gasteiger partial charge on any atom is 0.436 e. The maximum atomic E-state index is 12.7. The fourth-order valence-corrected chi connectivity index (χ4v) is 3.12. The van der Waals surface area contributed by atoms with E-state index in [4.69, 9.17) is 14.8 Å². The van der Waals surface area contributed by atoms with E-state index >= 15 is 0 Å². The number of guanidine groups is 1. The Morgan fingerprint density at radius 2 is 1.58 bits per heavy atom. The number of nitrogens with zero attached hydrogens (tertiary/aromatic N) is 1. The zero-order valence-corrected chi connectivity index (χ0v) is 14.0. The van der Waals surface area contributed by atoms with Crippen LogP contribution in [-0.4, -0.2) is 23.7 Å². The number of nitrogens with one attached hydrogen (secondary N) is 1. The molecule has 0 fully saturated rings. The second-order valence-electron chi connectivity index (χ2n) is 6.28. The van der Waals surface area contributed by atoms with Crippen molar-refractivity contribution < 1.29 is 13.6 Å². The van der Waals surface area contributed by atoms with Crippen molar-refractivity contribution in [2.45, 2.75) is 66.1 Å². The van der Waals surface area contributed by atoms with E-state index in [0.717, 1.165) is 6.42 Å². The summed E-state index contributed by atoms with van der Waals surface area (Å²) in [4.78, 5) is 4.04. The van der Waals surface area contributed by atoms with Crippen LogP contribution in [0, 0.1) is 0 Å². The summed E-state index contributed by atoms with van der Waals surface area (Å²) >= 11 is 0. The predicted molar refractivity (Wildman–Crippen MR) is 79.2 cm³/mol. The van der Waals surface area contributed by atoms with Gasteiger partial charge in [-0.15, -0.1) is 0 Å². The van der Waals surface area contributed by atoms with Crippen LogP contribution in [-0.2, 0) is 13.6 Å². The molecule has 0 bridgehead atoms. The molecule has 0 saturated heterocycles. The molecule has 6 nitrogen and oxygen atoms in total. The molecule has 0 radical (unpaired) electrons. The van der Waals surface area contributed by atoms with Crippen molar-refractivity contribution in [3.8, 4) is 0 Å².